The number of nitrogens with zero attached hydrogens (tertiary/aromatic N) is 3. The number of benzene rings is 2. The summed E-state index contributed by atoms with van der Waals surface area (Å²) >= 11 is 0. The number of carbonyl (C=O) groups is 1. The lowest BCUT2D eigenvalue weighted by atomic mass is 10.3. The maximum atomic E-state index is 13.3. The van der Waals surface area contributed by atoms with E-state index in [0.717, 1.165) is 10.3 Å². The van der Waals surface area contributed by atoms with Crippen molar-refractivity contribution in [2.45, 2.75) is 19.1 Å². The number of rotatable bonds is 7. The van der Waals surface area contributed by atoms with Crippen LogP contribution in [0.15, 0.2) is 54.6 Å². The first-order chi connectivity index (χ1) is 13.4. The number of fused-ring (bicyclic) bond motifs is 1. The number of hydrogen-bond donors (Lipinski definition) is 1. The van der Waals surface area contributed by atoms with Crippen LogP contribution in [-0.2, 0) is 17.5 Å². The maximum Gasteiger partial charge on any atom is 0.449 e. The Hall–Kier alpha value is -3.03. The second kappa shape index (κ2) is 8.33. The number of halogens is 3. The zero-order valence-corrected chi connectivity index (χ0v) is 15.4. The van der Waals surface area contributed by atoms with E-state index < -0.39 is 24.5 Å². The zero-order valence-electron chi connectivity index (χ0n) is 15.4. The molecule has 0 saturated heterocycles. The van der Waals surface area contributed by atoms with Crippen molar-refractivity contribution in [2.75, 3.05) is 25.0 Å². The summed E-state index contributed by atoms with van der Waals surface area (Å²) in [5, 5.41) is 2.69. The predicted octanol–water partition coefficient (Wildman–Crippen LogP) is 3.70. The molecule has 2 aromatic carbocycles. The van der Waals surface area contributed by atoms with E-state index in [0.29, 0.717) is 19.5 Å². The van der Waals surface area contributed by atoms with Crippen LogP contribution in [0.4, 0.5) is 18.9 Å². The van der Waals surface area contributed by atoms with Crippen molar-refractivity contribution in [3.05, 3.63) is 60.4 Å². The van der Waals surface area contributed by atoms with Gasteiger partial charge in [-0.05, 0) is 30.7 Å². The average Bonchev–Trinajstić information content (AvgIpc) is 3.05. The van der Waals surface area contributed by atoms with Gasteiger partial charge >= 0.3 is 6.18 Å². The quantitative estimate of drug-likeness (QED) is 0.626. The zero-order chi connectivity index (χ0) is 20.1. The lowest BCUT2D eigenvalue weighted by Crippen LogP contribution is -2.32. The summed E-state index contributed by atoms with van der Waals surface area (Å²) in [6, 6.07) is 16.1. The monoisotopic (exact) mass is 390 g/mol. The molecule has 0 unspecified atom stereocenters. The molecule has 0 bridgehead atoms. The molecule has 8 heteroatoms. The van der Waals surface area contributed by atoms with Gasteiger partial charge in [0.2, 0.25) is 11.7 Å². The molecule has 0 saturated carbocycles. The lowest BCUT2D eigenvalue weighted by Gasteiger charge is -2.19. The van der Waals surface area contributed by atoms with Crippen molar-refractivity contribution in [3.8, 4) is 0 Å². The largest absolute Gasteiger partial charge is 0.449 e. The first-order valence-electron chi connectivity index (χ1n) is 8.91. The Balaban J connectivity index is 1.58. The molecule has 0 radical (unpaired) electrons. The summed E-state index contributed by atoms with van der Waals surface area (Å²) in [7, 11) is 1.95. The number of para-hydroxylation sites is 3. The molecule has 1 heterocycles. The minimum atomic E-state index is -4.63. The van der Waals surface area contributed by atoms with Gasteiger partial charge in [-0.25, -0.2) is 4.98 Å². The van der Waals surface area contributed by atoms with Gasteiger partial charge in [0, 0.05) is 25.8 Å². The van der Waals surface area contributed by atoms with Crippen LogP contribution in [0.5, 0.6) is 0 Å². The molecule has 1 amide bonds. The van der Waals surface area contributed by atoms with Crippen LogP contribution in [0, 0.1) is 0 Å². The second-order valence-electron chi connectivity index (χ2n) is 6.47. The normalized spacial score (nSPS) is 11.6. The van der Waals surface area contributed by atoms with Gasteiger partial charge in [-0.1, -0.05) is 30.3 Å². The van der Waals surface area contributed by atoms with Gasteiger partial charge in [-0.3, -0.25) is 4.79 Å². The lowest BCUT2D eigenvalue weighted by molar-refractivity contribution is -0.147. The maximum absolute atomic E-state index is 13.3. The fraction of sp³-hybridized carbons (Fsp3) is 0.300. The van der Waals surface area contributed by atoms with Crippen LogP contribution in [0.1, 0.15) is 12.2 Å². The minimum Gasteiger partial charge on any atom is -0.375 e. The fourth-order valence-corrected chi connectivity index (χ4v) is 3.01. The third kappa shape index (κ3) is 4.62. The van der Waals surface area contributed by atoms with Crippen molar-refractivity contribution in [1.82, 2.24) is 14.9 Å². The van der Waals surface area contributed by atoms with Gasteiger partial charge in [0.05, 0.1) is 11.0 Å². The van der Waals surface area contributed by atoms with E-state index >= 15 is 0 Å². The summed E-state index contributed by atoms with van der Waals surface area (Å²) in [6.45, 7) is 0.667. The summed E-state index contributed by atoms with van der Waals surface area (Å²) in [5.74, 6) is -1.54. The number of imidazole rings is 1. The van der Waals surface area contributed by atoms with E-state index in [2.05, 4.69) is 15.2 Å². The molecule has 0 aliphatic carbocycles. The molecule has 0 atom stereocenters. The van der Waals surface area contributed by atoms with E-state index in [9.17, 15) is 18.0 Å². The molecule has 148 valence electrons. The number of alkyl halides is 3. The third-order valence-corrected chi connectivity index (χ3v) is 4.40. The number of anilines is 1. The van der Waals surface area contributed by atoms with Crippen molar-refractivity contribution in [3.63, 3.8) is 0 Å². The first-order valence-corrected chi connectivity index (χ1v) is 8.91. The molecule has 0 fully saturated rings. The number of amides is 1. The van der Waals surface area contributed by atoms with E-state index in [1.165, 1.54) is 12.1 Å². The van der Waals surface area contributed by atoms with E-state index in [1.54, 1.807) is 12.1 Å². The van der Waals surface area contributed by atoms with Crippen LogP contribution in [0.25, 0.3) is 11.0 Å². The van der Waals surface area contributed by atoms with Crippen molar-refractivity contribution in [2.24, 2.45) is 0 Å². The van der Waals surface area contributed by atoms with Gasteiger partial charge < -0.3 is 14.8 Å². The van der Waals surface area contributed by atoms with Gasteiger partial charge in [-0.2, -0.15) is 13.2 Å². The number of carbonyl (C=O) groups excluding carboxylic acids is 1. The highest BCUT2D eigenvalue weighted by Crippen LogP contribution is 2.31. The van der Waals surface area contributed by atoms with Crippen molar-refractivity contribution < 1.29 is 18.0 Å². The molecule has 5 nitrogen and oxygen atoms in total. The Bertz CT molecular complexity index is 938. The minimum absolute atomic E-state index is 0.215. The Morgan fingerprint density at radius 2 is 1.79 bits per heavy atom. The molecule has 3 rings (SSSR count). The average molecular weight is 390 g/mol. The number of nitrogens with one attached hydrogen (secondary N) is 1. The highest BCUT2D eigenvalue weighted by molar-refractivity contribution is 5.81. The van der Waals surface area contributed by atoms with Gasteiger partial charge in [0.15, 0.2) is 0 Å². The van der Waals surface area contributed by atoms with E-state index in [4.69, 9.17) is 0 Å². The smallest absolute Gasteiger partial charge is 0.375 e. The number of aromatic nitrogens is 2. The Morgan fingerprint density at radius 3 is 2.50 bits per heavy atom. The Labute approximate surface area is 160 Å². The van der Waals surface area contributed by atoms with Crippen LogP contribution in [-0.4, -0.2) is 35.6 Å². The molecule has 28 heavy (non-hydrogen) atoms. The SMILES string of the molecule is CN(CCCNC(=O)Cn1c(C(F)(F)F)nc2ccccc21)c1ccccc1. The summed E-state index contributed by atoms with van der Waals surface area (Å²) in [4.78, 5) is 17.9. The Morgan fingerprint density at radius 1 is 1.11 bits per heavy atom. The molecule has 3 aromatic rings. The van der Waals surface area contributed by atoms with E-state index in [-0.39, 0.29) is 11.0 Å². The highest BCUT2D eigenvalue weighted by Gasteiger charge is 2.37. The first kappa shape index (κ1) is 19.7. The van der Waals surface area contributed by atoms with Crippen LogP contribution in [0.3, 0.4) is 0 Å². The van der Waals surface area contributed by atoms with Crippen LogP contribution in [0.2, 0.25) is 0 Å². The van der Waals surface area contributed by atoms with Gasteiger partial charge in [0.25, 0.3) is 0 Å². The molecule has 0 spiro atoms. The van der Waals surface area contributed by atoms with Crippen molar-refractivity contribution in [1.29, 1.82) is 0 Å². The molecule has 0 aliphatic heterocycles. The van der Waals surface area contributed by atoms with Crippen molar-refractivity contribution >= 4 is 22.6 Å². The topological polar surface area (TPSA) is 50.2 Å². The highest BCUT2D eigenvalue weighted by atomic mass is 19.4. The van der Waals surface area contributed by atoms with Gasteiger partial charge in [0.1, 0.15) is 6.54 Å². The predicted molar refractivity (Wildman–Crippen MR) is 102 cm³/mol. The summed E-state index contributed by atoms with van der Waals surface area (Å²) < 4.78 is 40.7. The molecule has 0 aliphatic rings. The van der Waals surface area contributed by atoms with Crippen LogP contribution >= 0.6 is 0 Å². The van der Waals surface area contributed by atoms with Gasteiger partial charge in [-0.15, -0.1) is 0 Å². The summed E-state index contributed by atoms with van der Waals surface area (Å²) in [5.41, 5.74) is 1.56. The Kier molecular flexibility index (Phi) is 5.87. The fourth-order valence-electron chi connectivity index (χ4n) is 3.01. The summed E-state index contributed by atoms with van der Waals surface area (Å²) in [6.07, 6.45) is -3.95. The molecule has 1 aromatic heterocycles. The number of hydrogen-bond acceptors (Lipinski definition) is 3. The third-order valence-electron chi connectivity index (χ3n) is 4.40. The molecule has 1 N–H and O–H groups in total. The van der Waals surface area contributed by atoms with E-state index in [1.807, 2.05) is 37.4 Å². The second-order valence-corrected chi connectivity index (χ2v) is 6.47. The molecular formula is C20H21F3N4O. The standard InChI is InChI=1S/C20H21F3N4O/c1-26(15-8-3-2-4-9-15)13-7-12-24-18(28)14-27-17-11-6-5-10-16(17)25-19(27)20(21,22)23/h2-6,8-11H,7,12-14H2,1H3,(H,24,28). The molecular weight excluding hydrogens is 369 g/mol. The van der Waals surface area contributed by atoms with Crippen LogP contribution < -0.4 is 10.2 Å².